The molecule has 7 heteroatoms. The van der Waals surface area contributed by atoms with Crippen LogP contribution in [-0.4, -0.2) is 41.2 Å². The molecule has 132 valence electrons. The van der Waals surface area contributed by atoms with Crippen molar-refractivity contribution in [3.63, 3.8) is 0 Å². The van der Waals surface area contributed by atoms with Crippen molar-refractivity contribution >= 4 is 5.91 Å². The summed E-state index contributed by atoms with van der Waals surface area (Å²) in [5, 5.41) is 0. The molecule has 1 aliphatic heterocycles. The smallest absolute Gasteiger partial charge is 0.422 e. The molecule has 2 aliphatic rings. The fourth-order valence-electron chi connectivity index (χ4n) is 3.79. The summed E-state index contributed by atoms with van der Waals surface area (Å²) in [4.78, 5) is 18.5. The number of carbonyl (C=O) groups excluding carboxylic acids is 1. The predicted molar refractivity (Wildman–Crippen MR) is 81.8 cm³/mol. The molecule has 1 saturated carbocycles. The molecule has 2 unspecified atom stereocenters. The molecular formula is C17H21F3N2O2. The van der Waals surface area contributed by atoms with Crippen LogP contribution in [0.15, 0.2) is 18.3 Å². The zero-order valence-electron chi connectivity index (χ0n) is 13.4. The molecule has 0 aromatic carbocycles. The van der Waals surface area contributed by atoms with Gasteiger partial charge in [0.2, 0.25) is 5.88 Å². The summed E-state index contributed by atoms with van der Waals surface area (Å²) in [5.74, 6) is 0.373. The minimum absolute atomic E-state index is 0.0820. The van der Waals surface area contributed by atoms with Crippen LogP contribution in [-0.2, 0) is 0 Å². The molecule has 1 aliphatic carbocycles. The van der Waals surface area contributed by atoms with E-state index in [-0.39, 0.29) is 11.8 Å². The van der Waals surface area contributed by atoms with Gasteiger partial charge in [0.1, 0.15) is 0 Å². The molecule has 2 atom stereocenters. The monoisotopic (exact) mass is 342 g/mol. The van der Waals surface area contributed by atoms with Crippen LogP contribution < -0.4 is 4.74 Å². The third-order valence-corrected chi connectivity index (χ3v) is 4.87. The number of hydrogen-bond donors (Lipinski definition) is 0. The number of ether oxygens (including phenoxy) is 1. The van der Waals surface area contributed by atoms with E-state index >= 15 is 0 Å². The van der Waals surface area contributed by atoms with Crippen molar-refractivity contribution in [3.8, 4) is 5.88 Å². The fraction of sp³-hybridized carbons (Fsp3) is 0.647. The molecule has 1 aromatic heterocycles. The van der Waals surface area contributed by atoms with Crippen LogP contribution in [0.5, 0.6) is 5.88 Å². The zero-order chi connectivity index (χ0) is 17.2. The van der Waals surface area contributed by atoms with Gasteiger partial charge in [0.15, 0.2) is 6.61 Å². The van der Waals surface area contributed by atoms with Crippen molar-refractivity contribution in [2.45, 2.75) is 50.7 Å². The van der Waals surface area contributed by atoms with E-state index in [2.05, 4.69) is 9.72 Å². The highest BCUT2D eigenvalue weighted by Crippen LogP contribution is 2.35. The van der Waals surface area contributed by atoms with Crippen LogP contribution >= 0.6 is 0 Å². The Balaban J connectivity index is 1.66. The third-order valence-electron chi connectivity index (χ3n) is 4.87. The van der Waals surface area contributed by atoms with Gasteiger partial charge in [0.05, 0.1) is 5.56 Å². The Morgan fingerprint density at radius 3 is 2.67 bits per heavy atom. The molecule has 2 heterocycles. The van der Waals surface area contributed by atoms with Crippen molar-refractivity contribution in [2.75, 3.05) is 13.2 Å². The lowest BCUT2D eigenvalue weighted by atomic mass is 9.78. The Kier molecular flexibility index (Phi) is 4.96. The summed E-state index contributed by atoms with van der Waals surface area (Å²) in [6, 6.07) is 3.11. The second kappa shape index (κ2) is 6.99. The molecule has 2 fully saturated rings. The van der Waals surface area contributed by atoms with Gasteiger partial charge in [-0.25, -0.2) is 4.98 Å². The number of hydrogen-bond acceptors (Lipinski definition) is 3. The summed E-state index contributed by atoms with van der Waals surface area (Å²) in [6.07, 6.45) is 3.68. The van der Waals surface area contributed by atoms with Crippen molar-refractivity contribution in [1.29, 1.82) is 0 Å². The molecule has 0 radical (unpaired) electrons. The Hall–Kier alpha value is -1.79. The van der Waals surface area contributed by atoms with E-state index in [1.807, 2.05) is 4.90 Å². The molecule has 1 aromatic rings. The molecule has 1 amide bonds. The zero-order valence-corrected chi connectivity index (χ0v) is 13.4. The van der Waals surface area contributed by atoms with E-state index in [0.29, 0.717) is 17.5 Å². The highest BCUT2D eigenvalue weighted by molar-refractivity contribution is 5.94. The largest absolute Gasteiger partial charge is 0.468 e. The van der Waals surface area contributed by atoms with Crippen molar-refractivity contribution in [2.24, 2.45) is 5.92 Å². The van der Waals surface area contributed by atoms with E-state index in [1.54, 1.807) is 0 Å². The number of amides is 1. The fourth-order valence-corrected chi connectivity index (χ4v) is 3.79. The number of carbonyl (C=O) groups is 1. The van der Waals surface area contributed by atoms with E-state index in [1.165, 1.54) is 37.6 Å². The number of fused-ring (bicyclic) bond motifs is 1. The van der Waals surface area contributed by atoms with Crippen LogP contribution in [0.3, 0.4) is 0 Å². The van der Waals surface area contributed by atoms with Crippen LogP contribution in [0.2, 0.25) is 0 Å². The minimum atomic E-state index is -4.40. The van der Waals surface area contributed by atoms with Gasteiger partial charge in [-0.1, -0.05) is 12.8 Å². The number of piperidine rings is 1. The number of aromatic nitrogens is 1. The van der Waals surface area contributed by atoms with Gasteiger partial charge < -0.3 is 9.64 Å². The summed E-state index contributed by atoms with van der Waals surface area (Å²) in [5.41, 5.74) is 0.403. The Morgan fingerprint density at radius 2 is 1.96 bits per heavy atom. The summed E-state index contributed by atoms with van der Waals surface area (Å²) in [7, 11) is 0. The first-order valence-corrected chi connectivity index (χ1v) is 8.40. The topological polar surface area (TPSA) is 42.4 Å². The summed E-state index contributed by atoms with van der Waals surface area (Å²) >= 11 is 0. The molecule has 0 N–H and O–H groups in total. The van der Waals surface area contributed by atoms with E-state index < -0.39 is 12.8 Å². The average Bonchev–Trinajstić information content (AvgIpc) is 2.59. The van der Waals surface area contributed by atoms with Crippen LogP contribution in [0.25, 0.3) is 0 Å². The second-order valence-corrected chi connectivity index (χ2v) is 6.54. The first kappa shape index (κ1) is 17.0. The van der Waals surface area contributed by atoms with E-state index in [4.69, 9.17) is 0 Å². The Labute approximate surface area is 139 Å². The van der Waals surface area contributed by atoms with Crippen LogP contribution in [0.1, 0.15) is 48.9 Å². The maximum absolute atomic E-state index is 12.7. The molecular weight excluding hydrogens is 321 g/mol. The van der Waals surface area contributed by atoms with Crippen LogP contribution in [0, 0.1) is 5.92 Å². The van der Waals surface area contributed by atoms with Gasteiger partial charge in [-0.3, -0.25) is 4.79 Å². The van der Waals surface area contributed by atoms with Crippen molar-refractivity contribution < 1.29 is 22.7 Å². The van der Waals surface area contributed by atoms with Crippen molar-refractivity contribution in [3.05, 3.63) is 23.9 Å². The van der Waals surface area contributed by atoms with E-state index in [0.717, 1.165) is 25.8 Å². The lowest BCUT2D eigenvalue weighted by Crippen LogP contribution is -2.49. The first-order valence-electron chi connectivity index (χ1n) is 8.40. The van der Waals surface area contributed by atoms with Gasteiger partial charge in [-0.05, 0) is 37.7 Å². The quantitative estimate of drug-likeness (QED) is 0.839. The number of alkyl halides is 3. The predicted octanol–water partition coefficient (Wildman–Crippen LogP) is 3.82. The highest BCUT2D eigenvalue weighted by Gasteiger charge is 2.36. The molecule has 3 rings (SSSR count). The molecule has 1 saturated heterocycles. The summed E-state index contributed by atoms with van der Waals surface area (Å²) < 4.78 is 41.0. The minimum Gasteiger partial charge on any atom is -0.468 e. The van der Waals surface area contributed by atoms with Crippen LogP contribution in [0.4, 0.5) is 13.2 Å². The molecule has 24 heavy (non-hydrogen) atoms. The number of likely N-dealkylation sites (tertiary alicyclic amines) is 1. The Bertz CT molecular complexity index is 572. The number of pyridine rings is 1. The van der Waals surface area contributed by atoms with Gasteiger partial charge in [0.25, 0.3) is 5.91 Å². The lowest BCUT2D eigenvalue weighted by molar-refractivity contribution is -0.154. The Morgan fingerprint density at radius 1 is 1.21 bits per heavy atom. The highest BCUT2D eigenvalue weighted by atomic mass is 19.4. The van der Waals surface area contributed by atoms with Crippen molar-refractivity contribution in [1.82, 2.24) is 9.88 Å². The normalized spacial score (nSPS) is 24.4. The maximum atomic E-state index is 12.7. The standard InChI is InChI=1S/C17H21F3N2O2/c18-17(19,20)11-24-15-8-7-13(10-21-15)16(23)22-9-3-5-12-4-1-2-6-14(12)22/h7-8,10,12,14H,1-6,9,11H2. The van der Waals surface area contributed by atoms with Gasteiger partial charge >= 0.3 is 6.18 Å². The lowest BCUT2D eigenvalue weighted by Gasteiger charge is -2.44. The molecule has 4 nitrogen and oxygen atoms in total. The average molecular weight is 342 g/mol. The molecule has 0 bridgehead atoms. The number of halogens is 3. The maximum Gasteiger partial charge on any atom is 0.422 e. The second-order valence-electron chi connectivity index (χ2n) is 6.54. The third kappa shape index (κ3) is 3.99. The number of rotatable bonds is 3. The molecule has 0 spiro atoms. The summed E-state index contributed by atoms with van der Waals surface area (Å²) in [6.45, 7) is -0.643. The van der Waals surface area contributed by atoms with Gasteiger partial charge in [-0.15, -0.1) is 0 Å². The number of nitrogens with zero attached hydrogens (tertiary/aromatic N) is 2. The van der Waals surface area contributed by atoms with E-state index in [9.17, 15) is 18.0 Å². The van der Waals surface area contributed by atoms with Gasteiger partial charge in [-0.2, -0.15) is 13.2 Å². The first-order chi connectivity index (χ1) is 11.4. The van der Waals surface area contributed by atoms with Gasteiger partial charge in [0, 0.05) is 24.8 Å². The SMILES string of the molecule is O=C(c1ccc(OCC(F)(F)F)nc1)N1CCCC2CCCCC21.